The molecule has 9 nitrogen and oxygen atoms in total. The van der Waals surface area contributed by atoms with E-state index >= 15 is 0 Å². The van der Waals surface area contributed by atoms with Crippen LogP contribution in [0.25, 0.3) is 10.2 Å². The van der Waals surface area contributed by atoms with Gasteiger partial charge in [0.25, 0.3) is 5.91 Å². The molecule has 0 spiro atoms. The van der Waals surface area contributed by atoms with Crippen LogP contribution in [0.5, 0.6) is 0 Å². The molecule has 0 fully saturated rings. The van der Waals surface area contributed by atoms with Crippen LogP contribution < -0.4 is 9.80 Å². The van der Waals surface area contributed by atoms with Crippen LogP contribution in [0, 0.1) is 11.8 Å². The Kier molecular flexibility index (Phi) is 9.58. The molecule has 12 heteroatoms. The molecule has 0 unspecified atom stereocenters. The number of ether oxygens (including phenoxy) is 2. The van der Waals surface area contributed by atoms with Crippen molar-refractivity contribution in [1.82, 2.24) is 9.97 Å². The van der Waals surface area contributed by atoms with E-state index in [1.54, 1.807) is 4.90 Å². The highest BCUT2D eigenvalue weighted by molar-refractivity contribution is 7.22. The van der Waals surface area contributed by atoms with Crippen LogP contribution in [0.15, 0.2) is 42.5 Å². The SMILES string of the molecule is COC(=O)c1nc(N2CCc3cccc(C(=O)N(COCC[Si](C)(C)C)c4nc5ccccc5s4)c3C2)sc1C#CCO. The molecule has 0 bridgehead atoms. The lowest BCUT2D eigenvalue weighted by Gasteiger charge is -2.31. The van der Waals surface area contributed by atoms with Crippen LogP contribution in [-0.4, -0.2) is 68.6 Å². The second-order valence-electron chi connectivity index (χ2n) is 11.3. The predicted octanol–water partition coefficient (Wildman–Crippen LogP) is 5.41. The Morgan fingerprint density at radius 2 is 1.93 bits per heavy atom. The number of hydrogen-bond acceptors (Lipinski definition) is 10. The number of amides is 1. The molecule has 2 aromatic heterocycles. The van der Waals surface area contributed by atoms with E-state index in [4.69, 9.17) is 14.5 Å². The number of benzene rings is 2. The molecular formula is C31H34N4O5S2Si. The second-order valence-corrected chi connectivity index (χ2v) is 18.9. The maximum absolute atomic E-state index is 14.3. The number of carbonyl (C=O) groups excluding carboxylic acids is 2. The standard InChI is InChI=1S/C31H34N4O5S2Si/c1-39-29(38)27-26(13-8-16-36)42-30(33-27)34-15-14-21-9-7-10-22(23(21)19-34)28(37)35(20-40-17-18-43(2,3)4)31-32-24-11-5-6-12-25(24)41-31/h5-7,9-12,36H,14-20H2,1-4H3. The molecular weight excluding hydrogens is 601 g/mol. The fraction of sp³-hybridized carbons (Fsp3) is 0.355. The average Bonchev–Trinajstić information content (AvgIpc) is 3.63. The molecule has 3 heterocycles. The highest BCUT2D eigenvalue weighted by Gasteiger charge is 2.29. The van der Waals surface area contributed by atoms with Crippen molar-refractivity contribution in [2.75, 3.05) is 43.4 Å². The molecule has 1 amide bonds. The number of aromatic nitrogens is 2. The molecule has 2 aromatic carbocycles. The van der Waals surface area contributed by atoms with Gasteiger partial charge in [-0.25, -0.2) is 14.8 Å². The van der Waals surface area contributed by atoms with Crippen molar-refractivity contribution in [3.63, 3.8) is 0 Å². The molecule has 5 rings (SSSR count). The van der Waals surface area contributed by atoms with Crippen molar-refractivity contribution in [2.45, 2.75) is 38.7 Å². The number of aliphatic hydroxyl groups excluding tert-OH is 1. The van der Waals surface area contributed by atoms with Crippen molar-refractivity contribution in [3.05, 3.63) is 69.7 Å². The summed E-state index contributed by atoms with van der Waals surface area (Å²) in [5, 5.41) is 10.4. The topological polar surface area (TPSA) is 105 Å². The summed E-state index contributed by atoms with van der Waals surface area (Å²) < 4.78 is 12.0. The van der Waals surface area contributed by atoms with Crippen molar-refractivity contribution >= 4 is 63.1 Å². The van der Waals surface area contributed by atoms with Gasteiger partial charge in [-0.05, 0) is 41.8 Å². The first-order valence-electron chi connectivity index (χ1n) is 14.0. The Hall–Kier alpha value is -3.60. The van der Waals surface area contributed by atoms with Crippen LogP contribution in [-0.2, 0) is 22.4 Å². The van der Waals surface area contributed by atoms with Gasteiger partial charge in [0.15, 0.2) is 16.0 Å². The number of aliphatic hydroxyl groups is 1. The van der Waals surface area contributed by atoms with Crippen molar-refractivity contribution < 1.29 is 24.2 Å². The molecule has 1 aliphatic heterocycles. The van der Waals surface area contributed by atoms with E-state index in [-0.39, 0.29) is 24.9 Å². The molecule has 1 N–H and O–H groups in total. The van der Waals surface area contributed by atoms with E-state index in [1.807, 2.05) is 41.3 Å². The third-order valence-corrected chi connectivity index (χ3v) is 10.8. The summed E-state index contributed by atoms with van der Waals surface area (Å²) >= 11 is 2.74. The van der Waals surface area contributed by atoms with E-state index in [0.717, 1.165) is 27.4 Å². The number of rotatable bonds is 9. The van der Waals surface area contributed by atoms with Crippen molar-refractivity contribution in [3.8, 4) is 11.8 Å². The Bertz CT molecular complexity index is 1670. The predicted molar refractivity (Wildman–Crippen MR) is 174 cm³/mol. The lowest BCUT2D eigenvalue weighted by molar-refractivity contribution is 0.0594. The fourth-order valence-electron chi connectivity index (χ4n) is 4.68. The summed E-state index contributed by atoms with van der Waals surface area (Å²) in [6.45, 7) is 8.35. The number of esters is 1. The van der Waals surface area contributed by atoms with Crippen LogP contribution in [0.3, 0.4) is 0 Å². The van der Waals surface area contributed by atoms with Gasteiger partial charge in [0, 0.05) is 33.3 Å². The first-order valence-corrected chi connectivity index (χ1v) is 19.3. The first-order chi connectivity index (χ1) is 20.7. The van der Waals surface area contributed by atoms with Gasteiger partial charge < -0.3 is 19.5 Å². The number of hydrogen-bond donors (Lipinski definition) is 1. The van der Waals surface area contributed by atoms with Gasteiger partial charge in [0.1, 0.15) is 18.2 Å². The number of fused-ring (bicyclic) bond motifs is 2. The molecule has 1 aliphatic rings. The van der Waals surface area contributed by atoms with Gasteiger partial charge in [-0.1, -0.05) is 78.4 Å². The quantitative estimate of drug-likeness (QED) is 0.0858. The Morgan fingerprint density at radius 1 is 1.12 bits per heavy atom. The van der Waals surface area contributed by atoms with E-state index in [2.05, 4.69) is 42.5 Å². The van der Waals surface area contributed by atoms with Crippen LogP contribution in [0.4, 0.5) is 10.3 Å². The smallest absolute Gasteiger partial charge is 0.358 e. The summed E-state index contributed by atoms with van der Waals surface area (Å²) in [4.78, 5) is 40.2. The van der Waals surface area contributed by atoms with Gasteiger partial charge in [0.2, 0.25) is 0 Å². The minimum Gasteiger partial charge on any atom is -0.464 e. The Balaban J connectivity index is 1.46. The first kappa shape index (κ1) is 30.8. The normalized spacial score (nSPS) is 12.9. The summed E-state index contributed by atoms with van der Waals surface area (Å²) in [5.74, 6) is 4.65. The maximum atomic E-state index is 14.3. The van der Waals surface area contributed by atoms with Crippen LogP contribution >= 0.6 is 22.7 Å². The van der Waals surface area contributed by atoms with Crippen molar-refractivity contribution in [1.29, 1.82) is 0 Å². The molecule has 0 saturated heterocycles. The van der Waals surface area contributed by atoms with Crippen LogP contribution in [0.2, 0.25) is 25.7 Å². The summed E-state index contributed by atoms with van der Waals surface area (Å²) in [6.07, 6.45) is 0.703. The summed E-state index contributed by atoms with van der Waals surface area (Å²) in [7, 11) is -0.00965. The molecule has 0 aliphatic carbocycles. The zero-order valence-corrected chi connectivity index (χ0v) is 27.3. The van der Waals surface area contributed by atoms with Gasteiger partial charge >= 0.3 is 5.97 Å². The monoisotopic (exact) mass is 634 g/mol. The Morgan fingerprint density at radius 3 is 2.67 bits per heavy atom. The van der Waals surface area contributed by atoms with E-state index < -0.39 is 14.0 Å². The minimum absolute atomic E-state index is 0.109. The van der Waals surface area contributed by atoms with Crippen LogP contribution in [0.1, 0.15) is 36.9 Å². The zero-order chi connectivity index (χ0) is 30.6. The molecule has 0 radical (unpaired) electrons. The zero-order valence-electron chi connectivity index (χ0n) is 24.7. The summed E-state index contributed by atoms with van der Waals surface area (Å²) in [5.41, 5.74) is 3.55. The fourth-order valence-corrected chi connectivity index (χ4v) is 7.35. The van der Waals surface area contributed by atoms with Crippen molar-refractivity contribution in [2.24, 2.45) is 0 Å². The highest BCUT2D eigenvalue weighted by atomic mass is 32.1. The van der Waals surface area contributed by atoms with E-state index in [0.29, 0.717) is 46.8 Å². The van der Waals surface area contributed by atoms with Gasteiger partial charge in [-0.15, -0.1) is 0 Å². The molecule has 0 atom stereocenters. The molecule has 0 saturated carbocycles. The molecule has 43 heavy (non-hydrogen) atoms. The van der Waals surface area contributed by atoms with Gasteiger partial charge in [-0.3, -0.25) is 9.69 Å². The number of anilines is 2. The molecule has 4 aromatic rings. The lowest BCUT2D eigenvalue weighted by atomic mass is 9.94. The number of nitrogens with zero attached hydrogens (tertiary/aromatic N) is 4. The van der Waals surface area contributed by atoms with Gasteiger partial charge in [-0.2, -0.15) is 0 Å². The van der Waals surface area contributed by atoms with E-state index in [1.165, 1.54) is 29.8 Å². The molecule has 224 valence electrons. The number of methoxy groups -OCH3 is 1. The maximum Gasteiger partial charge on any atom is 0.358 e. The third kappa shape index (κ3) is 7.14. The van der Waals surface area contributed by atoms with E-state index in [9.17, 15) is 14.7 Å². The minimum atomic E-state index is -1.31. The average molecular weight is 635 g/mol. The van der Waals surface area contributed by atoms with Gasteiger partial charge in [0.05, 0.1) is 17.3 Å². The highest BCUT2D eigenvalue weighted by Crippen LogP contribution is 2.34. The number of thiazole rings is 2. The lowest BCUT2D eigenvalue weighted by Crippen LogP contribution is -2.37. The number of carbonyl (C=O) groups is 2. The summed E-state index contributed by atoms with van der Waals surface area (Å²) in [6, 6.07) is 14.7. The number of para-hydroxylation sites is 1. The Labute approximate surface area is 260 Å². The third-order valence-electron chi connectivity index (χ3n) is 7.03. The largest absolute Gasteiger partial charge is 0.464 e. The second kappa shape index (κ2) is 13.4.